The predicted octanol–water partition coefficient (Wildman–Crippen LogP) is 3.28. The molecule has 0 aromatic heterocycles. The van der Waals surface area contributed by atoms with Crippen LogP contribution in [0.25, 0.3) is 0 Å². The van der Waals surface area contributed by atoms with Gasteiger partial charge in [-0.25, -0.2) is 0 Å². The lowest BCUT2D eigenvalue weighted by molar-refractivity contribution is -0.0506. The first kappa shape index (κ1) is 17.9. The van der Waals surface area contributed by atoms with Crippen molar-refractivity contribution in [2.75, 3.05) is 26.8 Å². The maximum Gasteiger partial charge on any atom is 0.0590 e. The predicted molar refractivity (Wildman–Crippen MR) is 86.9 cm³/mol. The summed E-state index contributed by atoms with van der Waals surface area (Å²) >= 11 is 0. The third-order valence-corrected chi connectivity index (χ3v) is 5.82. The summed E-state index contributed by atoms with van der Waals surface area (Å²) in [5.74, 6) is 1.44. The van der Waals surface area contributed by atoms with E-state index in [0.29, 0.717) is 12.0 Å². The molecule has 0 spiro atoms. The molecule has 0 bridgehead atoms. The van der Waals surface area contributed by atoms with Crippen LogP contribution in [-0.2, 0) is 4.74 Å². The van der Waals surface area contributed by atoms with Gasteiger partial charge in [0.2, 0.25) is 0 Å². The highest BCUT2D eigenvalue weighted by Crippen LogP contribution is 2.42. The zero-order chi connectivity index (χ0) is 15.2. The van der Waals surface area contributed by atoms with Gasteiger partial charge in [0, 0.05) is 31.8 Å². The third kappa shape index (κ3) is 3.55. The Balaban J connectivity index is 3.04. The summed E-state index contributed by atoms with van der Waals surface area (Å²) in [6.45, 7) is 12.0. The molecule has 1 aliphatic carbocycles. The van der Waals surface area contributed by atoms with Gasteiger partial charge < -0.3 is 10.5 Å². The lowest BCUT2D eigenvalue weighted by Crippen LogP contribution is -2.64. The lowest BCUT2D eigenvalue weighted by Gasteiger charge is -2.55. The Labute approximate surface area is 126 Å². The normalized spacial score (nSPS) is 31.2. The Bertz CT molecular complexity index is 268. The van der Waals surface area contributed by atoms with E-state index < -0.39 is 0 Å². The van der Waals surface area contributed by atoms with Gasteiger partial charge >= 0.3 is 0 Å². The van der Waals surface area contributed by atoms with Crippen molar-refractivity contribution in [2.24, 2.45) is 17.6 Å². The first-order valence-electron chi connectivity index (χ1n) is 8.53. The van der Waals surface area contributed by atoms with E-state index in [1.807, 2.05) is 0 Å². The fourth-order valence-electron chi connectivity index (χ4n) is 4.24. The first-order chi connectivity index (χ1) is 9.57. The number of ether oxygens (including phenoxy) is 1. The molecular weight excluding hydrogens is 248 g/mol. The van der Waals surface area contributed by atoms with Crippen molar-refractivity contribution in [3.63, 3.8) is 0 Å². The van der Waals surface area contributed by atoms with E-state index >= 15 is 0 Å². The van der Waals surface area contributed by atoms with E-state index in [1.165, 1.54) is 32.1 Å². The van der Waals surface area contributed by atoms with Gasteiger partial charge in [-0.3, -0.25) is 4.90 Å². The van der Waals surface area contributed by atoms with Crippen LogP contribution in [0.2, 0.25) is 0 Å². The maximum atomic E-state index is 6.33. The quantitative estimate of drug-likeness (QED) is 0.743. The largest absolute Gasteiger partial charge is 0.383 e. The van der Waals surface area contributed by atoms with Gasteiger partial charge in [0.05, 0.1) is 6.61 Å². The van der Waals surface area contributed by atoms with Crippen molar-refractivity contribution in [1.29, 1.82) is 0 Å². The molecule has 0 aromatic rings. The summed E-state index contributed by atoms with van der Waals surface area (Å²) in [4.78, 5) is 2.71. The van der Waals surface area contributed by atoms with E-state index in [2.05, 4.69) is 32.6 Å². The van der Waals surface area contributed by atoms with Gasteiger partial charge in [-0.05, 0) is 31.1 Å². The molecule has 120 valence electrons. The second-order valence-corrected chi connectivity index (χ2v) is 6.62. The smallest absolute Gasteiger partial charge is 0.0590 e. The fourth-order valence-corrected chi connectivity index (χ4v) is 4.24. The molecule has 1 aliphatic rings. The number of hydrogen-bond donors (Lipinski definition) is 1. The van der Waals surface area contributed by atoms with Crippen molar-refractivity contribution in [2.45, 2.75) is 71.4 Å². The molecule has 1 rings (SSSR count). The van der Waals surface area contributed by atoms with E-state index in [-0.39, 0.29) is 5.54 Å². The minimum Gasteiger partial charge on any atom is -0.383 e. The molecular formula is C17H36N2O. The SMILES string of the molecule is CCC(CC)N(CCOC)C1(CN)CCCC(C)C1C. The molecule has 0 radical (unpaired) electrons. The van der Waals surface area contributed by atoms with Crippen molar-refractivity contribution in [3.8, 4) is 0 Å². The zero-order valence-corrected chi connectivity index (χ0v) is 14.3. The second-order valence-electron chi connectivity index (χ2n) is 6.62. The van der Waals surface area contributed by atoms with Gasteiger partial charge in [-0.1, -0.05) is 40.5 Å². The van der Waals surface area contributed by atoms with E-state index in [0.717, 1.165) is 25.6 Å². The fraction of sp³-hybridized carbons (Fsp3) is 1.00. The molecule has 1 fully saturated rings. The molecule has 20 heavy (non-hydrogen) atoms. The average Bonchev–Trinajstić information content (AvgIpc) is 2.47. The number of hydrogen-bond acceptors (Lipinski definition) is 3. The van der Waals surface area contributed by atoms with Crippen molar-refractivity contribution in [3.05, 3.63) is 0 Å². The van der Waals surface area contributed by atoms with Gasteiger partial charge in [0.1, 0.15) is 0 Å². The second kappa shape index (κ2) is 8.35. The van der Waals surface area contributed by atoms with Crippen LogP contribution in [0, 0.1) is 11.8 Å². The summed E-state index contributed by atoms with van der Waals surface area (Å²) in [5, 5.41) is 0. The molecule has 0 aliphatic heterocycles. The summed E-state index contributed by atoms with van der Waals surface area (Å²) in [7, 11) is 1.80. The molecule has 3 atom stereocenters. The maximum absolute atomic E-state index is 6.33. The van der Waals surface area contributed by atoms with Crippen LogP contribution < -0.4 is 5.73 Å². The molecule has 3 heteroatoms. The van der Waals surface area contributed by atoms with E-state index in [4.69, 9.17) is 10.5 Å². The molecule has 1 saturated carbocycles. The minimum absolute atomic E-state index is 0.173. The monoisotopic (exact) mass is 284 g/mol. The van der Waals surface area contributed by atoms with Crippen LogP contribution in [0.3, 0.4) is 0 Å². The molecule has 0 saturated heterocycles. The highest BCUT2D eigenvalue weighted by molar-refractivity contribution is 5.02. The molecule has 3 unspecified atom stereocenters. The lowest BCUT2D eigenvalue weighted by atomic mass is 9.66. The topological polar surface area (TPSA) is 38.5 Å². The summed E-state index contributed by atoms with van der Waals surface area (Å²) in [6.07, 6.45) is 6.30. The Kier molecular flexibility index (Phi) is 7.49. The average molecular weight is 284 g/mol. The zero-order valence-electron chi connectivity index (χ0n) is 14.3. The van der Waals surface area contributed by atoms with Gasteiger partial charge in [-0.2, -0.15) is 0 Å². The molecule has 3 nitrogen and oxygen atoms in total. The first-order valence-corrected chi connectivity index (χ1v) is 8.53. The van der Waals surface area contributed by atoms with Crippen LogP contribution in [0.1, 0.15) is 59.8 Å². The minimum atomic E-state index is 0.173. The van der Waals surface area contributed by atoms with Gasteiger partial charge in [0.25, 0.3) is 0 Å². The van der Waals surface area contributed by atoms with Crippen LogP contribution in [0.5, 0.6) is 0 Å². The highest BCUT2D eigenvalue weighted by atomic mass is 16.5. The van der Waals surface area contributed by atoms with E-state index in [9.17, 15) is 0 Å². The number of nitrogens with zero attached hydrogens (tertiary/aromatic N) is 1. The van der Waals surface area contributed by atoms with Crippen molar-refractivity contribution < 1.29 is 4.74 Å². The Morgan fingerprint density at radius 3 is 2.45 bits per heavy atom. The molecule has 0 amide bonds. The van der Waals surface area contributed by atoms with E-state index in [1.54, 1.807) is 7.11 Å². The third-order valence-electron chi connectivity index (χ3n) is 5.82. The standard InChI is InChI=1S/C17H36N2O/c1-6-16(7-2)19(11-12-20-5)17(13-18)10-8-9-14(3)15(17)4/h14-16H,6-13,18H2,1-5H3. The summed E-state index contributed by atoms with van der Waals surface area (Å²) < 4.78 is 5.37. The van der Waals surface area contributed by atoms with Crippen molar-refractivity contribution in [1.82, 2.24) is 4.90 Å². The molecule has 0 heterocycles. The Morgan fingerprint density at radius 1 is 1.30 bits per heavy atom. The van der Waals surface area contributed by atoms with Gasteiger partial charge in [-0.15, -0.1) is 0 Å². The van der Waals surface area contributed by atoms with Crippen LogP contribution in [-0.4, -0.2) is 43.3 Å². The summed E-state index contributed by atoms with van der Waals surface area (Å²) in [5.41, 5.74) is 6.50. The molecule has 0 aromatic carbocycles. The van der Waals surface area contributed by atoms with Crippen molar-refractivity contribution >= 4 is 0 Å². The van der Waals surface area contributed by atoms with Gasteiger partial charge in [0.15, 0.2) is 0 Å². The van der Waals surface area contributed by atoms with Crippen LogP contribution in [0.4, 0.5) is 0 Å². The number of methoxy groups -OCH3 is 1. The van der Waals surface area contributed by atoms with Crippen LogP contribution >= 0.6 is 0 Å². The molecule has 2 N–H and O–H groups in total. The summed E-state index contributed by atoms with van der Waals surface area (Å²) in [6, 6.07) is 0.626. The Hall–Kier alpha value is -0.120. The Morgan fingerprint density at radius 2 is 1.95 bits per heavy atom. The van der Waals surface area contributed by atoms with Crippen LogP contribution in [0.15, 0.2) is 0 Å². The number of nitrogens with two attached hydrogens (primary N) is 1. The number of rotatable bonds is 8. The highest BCUT2D eigenvalue weighted by Gasteiger charge is 2.46.